The predicted octanol–water partition coefficient (Wildman–Crippen LogP) is 4.67. The van der Waals surface area contributed by atoms with Gasteiger partial charge in [-0.3, -0.25) is 0 Å². The van der Waals surface area contributed by atoms with Gasteiger partial charge in [0.1, 0.15) is 10.4 Å². The zero-order chi connectivity index (χ0) is 13.2. The summed E-state index contributed by atoms with van der Waals surface area (Å²) in [7, 11) is 1.67. The standard InChI is InChI=1S/C16H12BrNO/c1-19-13-8-6-11(7-9-13)14-10-12-4-2-3-5-15(12)18-16(14)17/h2-10H,1H3. The van der Waals surface area contributed by atoms with E-state index in [1.165, 1.54) is 0 Å². The summed E-state index contributed by atoms with van der Waals surface area (Å²) in [4.78, 5) is 4.58. The van der Waals surface area contributed by atoms with Gasteiger partial charge in [-0.15, -0.1) is 0 Å². The number of aromatic nitrogens is 1. The minimum absolute atomic E-state index is 0.855. The summed E-state index contributed by atoms with van der Waals surface area (Å²) < 4.78 is 6.04. The second-order valence-corrected chi connectivity index (χ2v) is 5.00. The Balaban J connectivity index is 2.15. The van der Waals surface area contributed by atoms with Crippen LogP contribution in [-0.4, -0.2) is 12.1 Å². The molecule has 0 aliphatic carbocycles. The number of pyridine rings is 1. The van der Waals surface area contributed by atoms with E-state index in [-0.39, 0.29) is 0 Å². The molecular formula is C16H12BrNO. The van der Waals surface area contributed by atoms with Gasteiger partial charge in [0.05, 0.1) is 12.6 Å². The molecule has 0 N–H and O–H groups in total. The molecule has 94 valence electrons. The molecule has 3 rings (SSSR count). The quantitative estimate of drug-likeness (QED) is 0.641. The van der Waals surface area contributed by atoms with Crippen molar-refractivity contribution in [3.05, 3.63) is 59.2 Å². The van der Waals surface area contributed by atoms with Gasteiger partial charge < -0.3 is 4.74 Å². The fraction of sp³-hybridized carbons (Fsp3) is 0.0625. The van der Waals surface area contributed by atoms with Crippen LogP contribution in [0.3, 0.4) is 0 Å². The van der Waals surface area contributed by atoms with Gasteiger partial charge in [0.15, 0.2) is 0 Å². The smallest absolute Gasteiger partial charge is 0.118 e. The molecule has 19 heavy (non-hydrogen) atoms. The first-order valence-corrected chi connectivity index (χ1v) is 6.77. The molecule has 0 unspecified atom stereocenters. The van der Waals surface area contributed by atoms with Crippen molar-refractivity contribution in [1.82, 2.24) is 4.98 Å². The number of hydrogen-bond acceptors (Lipinski definition) is 2. The van der Waals surface area contributed by atoms with Gasteiger partial charge in [0.2, 0.25) is 0 Å². The van der Waals surface area contributed by atoms with Crippen molar-refractivity contribution < 1.29 is 4.74 Å². The molecule has 3 aromatic rings. The first-order valence-electron chi connectivity index (χ1n) is 5.97. The lowest BCUT2D eigenvalue weighted by molar-refractivity contribution is 0.415. The van der Waals surface area contributed by atoms with Crippen molar-refractivity contribution in [2.45, 2.75) is 0 Å². The molecule has 0 fully saturated rings. The third-order valence-electron chi connectivity index (χ3n) is 3.08. The van der Waals surface area contributed by atoms with Gasteiger partial charge in [-0.25, -0.2) is 4.98 Å². The Morgan fingerprint density at radius 3 is 2.47 bits per heavy atom. The normalized spacial score (nSPS) is 10.6. The Labute approximate surface area is 120 Å². The van der Waals surface area contributed by atoms with Crippen LogP contribution in [0.1, 0.15) is 0 Å². The Bertz CT molecular complexity index is 722. The van der Waals surface area contributed by atoms with Gasteiger partial charge >= 0.3 is 0 Å². The Morgan fingerprint density at radius 1 is 1.00 bits per heavy atom. The number of fused-ring (bicyclic) bond motifs is 1. The summed E-state index contributed by atoms with van der Waals surface area (Å²) >= 11 is 3.55. The highest BCUT2D eigenvalue weighted by atomic mass is 79.9. The number of halogens is 1. The van der Waals surface area contributed by atoms with Crippen LogP contribution >= 0.6 is 15.9 Å². The lowest BCUT2D eigenvalue weighted by atomic mass is 10.1. The minimum atomic E-state index is 0.855. The maximum atomic E-state index is 5.18. The molecule has 2 nitrogen and oxygen atoms in total. The lowest BCUT2D eigenvalue weighted by Gasteiger charge is -2.07. The van der Waals surface area contributed by atoms with Crippen LogP contribution in [0, 0.1) is 0 Å². The van der Waals surface area contributed by atoms with Gasteiger partial charge in [-0.05, 0) is 45.8 Å². The number of rotatable bonds is 2. The first kappa shape index (κ1) is 12.2. The third-order valence-corrected chi connectivity index (χ3v) is 3.68. The van der Waals surface area contributed by atoms with Crippen LogP contribution in [0.4, 0.5) is 0 Å². The molecule has 0 amide bonds. The summed E-state index contributed by atoms with van der Waals surface area (Å²) in [6.45, 7) is 0. The summed E-state index contributed by atoms with van der Waals surface area (Å²) in [6, 6.07) is 18.2. The largest absolute Gasteiger partial charge is 0.497 e. The van der Waals surface area contributed by atoms with Gasteiger partial charge in [0.25, 0.3) is 0 Å². The molecule has 0 spiro atoms. The van der Waals surface area contributed by atoms with E-state index < -0.39 is 0 Å². The van der Waals surface area contributed by atoms with E-state index in [9.17, 15) is 0 Å². The third kappa shape index (κ3) is 2.34. The summed E-state index contributed by atoms with van der Waals surface area (Å²) in [5, 5.41) is 1.14. The number of para-hydroxylation sites is 1. The fourth-order valence-electron chi connectivity index (χ4n) is 2.07. The molecular weight excluding hydrogens is 302 g/mol. The summed E-state index contributed by atoms with van der Waals surface area (Å²) in [5.74, 6) is 0.855. The molecule has 0 radical (unpaired) electrons. The van der Waals surface area contributed by atoms with E-state index in [1.807, 2.05) is 42.5 Å². The number of hydrogen-bond donors (Lipinski definition) is 0. The molecule has 0 saturated heterocycles. The molecule has 2 aromatic carbocycles. The zero-order valence-electron chi connectivity index (χ0n) is 10.4. The van der Waals surface area contributed by atoms with Crippen molar-refractivity contribution in [1.29, 1.82) is 0 Å². The molecule has 0 bridgehead atoms. The highest BCUT2D eigenvalue weighted by Crippen LogP contribution is 2.31. The molecule has 1 aromatic heterocycles. The number of ether oxygens (including phenoxy) is 1. The van der Waals surface area contributed by atoms with Crippen LogP contribution in [0.15, 0.2) is 59.2 Å². The van der Waals surface area contributed by atoms with Crippen molar-refractivity contribution >= 4 is 26.8 Å². The van der Waals surface area contributed by atoms with E-state index >= 15 is 0 Å². The number of benzene rings is 2. The van der Waals surface area contributed by atoms with E-state index in [1.54, 1.807) is 7.11 Å². The van der Waals surface area contributed by atoms with Crippen molar-refractivity contribution in [2.75, 3.05) is 7.11 Å². The Kier molecular flexibility index (Phi) is 3.22. The van der Waals surface area contributed by atoms with E-state index in [2.05, 4.69) is 33.0 Å². The number of methoxy groups -OCH3 is 1. The SMILES string of the molecule is COc1ccc(-c2cc3ccccc3nc2Br)cc1. The molecule has 0 saturated carbocycles. The van der Waals surface area contributed by atoms with Crippen molar-refractivity contribution in [3.8, 4) is 16.9 Å². The van der Waals surface area contributed by atoms with Crippen LogP contribution in [0.25, 0.3) is 22.0 Å². The monoisotopic (exact) mass is 313 g/mol. The molecule has 3 heteroatoms. The molecule has 0 aliphatic rings. The van der Waals surface area contributed by atoms with E-state index in [0.29, 0.717) is 0 Å². The first-order chi connectivity index (χ1) is 9.28. The van der Waals surface area contributed by atoms with Crippen LogP contribution in [0.5, 0.6) is 5.75 Å². The molecule has 1 heterocycles. The van der Waals surface area contributed by atoms with Crippen LogP contribution in [-0.2, 0) is 0 Å². The minimum Gasteiger partial charge on any atom is -0.497 e. The van der Waals surface area contributed by atoms with E-state index in [0.717, 1.165) is 32.4 Å². The van der Waals surface area contributed by atoms with E-state index in [4.69, 9.17) is 4.74 Å². The second kappa shape index (κ2) is 5.02. The fourth-order valence-corrected chi connectivity index (χ4v) is 2.60. The Hall–Kier alpha value is -1.87. The number of nitrogens with zero attached hydrogens (tertiary/aromatic N) is 1. The zero-order valence-corrected chi connectivity index (χ0v) is 12.0. The molecule has 0 aliphatic heterocycles. The second-order valence-electron chi connectivity index (χ2n) is 4.25. The maximum Gasteiger partial charge on any atom is 0.118 e. The topological polar surface area (TPSA) is 22.1 Å². The van der Waals surface area contributed by atoms with Crippen LogP contribution < -0.4 is 4.74 Å². The average Bonchev–Trinajstić information content (AvgIpc) is 2.47. The predicted molar refractivity (Wildman–Crippen MR) is 81.4 cm³/mol. The van der Waals surface area contributed by atoms with Crippen LogP contribution in [0.2, 0.25) is 0 Å². The molecule has 0 atom stereocenters. The Morgan fingerprint density at radius 2 is 1.74 bits per heavy atom. The average molecular weight is 314 g/mol. The maximum absolute atomic E-state index is 5.18. The van der Waals surface area contributed by atoms with Gasteiger partial charge in [-0.2, -0.15) is 0 Å². The highest BCUT2D eigenvalue weighted by molar-refractivity contribution is 9.10. The van der Waals surface area contributed by atoms with Crippen molar-refractivity contribution in [3.63, 3.8) is 0 Å². The van der Waals surface area contributed by atoms with Gasteiger partial charge in [-0.1, -0.05) is 30.3 Å². The lowest BCUT2D eigenvalue weighted by Crippen LogP contribution is -1.87. The van der Waals surface area contributed by atoms with Gasteiger partial charge in [0, 0.05) is 10.9 Å². The summed E-state index contributed by atoms with van der Waals surface area (Å²) in [6.07, 6.45) is 0. The summed E-state index contributed by atoms with van der Waals surface area (Å²) in [5.41, 5.74) is 3.19. The highest BCUT2D eigenvalue weighted by Gasteiger charge is 2.06. The van der Waals surface area contributed by atoms with Crippen molar-refractivity contribution in [2.24, 2.45) is 0 Å².